The molecule has 0 N–H and O–H groups in total. The van der Waals surface area contributed by atoms with Crippen LogP contribution in [0.25, 0.3) is 0 Å². The third-order valence-electron chi connectivity index (χ3n) is 4.25. The molecule has 0 aliphatic heterocycles. The summed E-state index contributed by atoms with van der Waals surface area (Å²) in [5, 5.41) is 0. The molecule has 0 amide bonds. The smallest absolute Gasteiger partial charge is 0.0842 e. The molecule has 0 aromatic heterocycles. The van der Waals surface area contributed by atoms with Gasteiger partial charge in [0.15, 0.2) is 0 Å². The topological polar surface area (TPSA) is 9.23 Å². The zero-order valence-electron chi connectivity index (χ0n) is 15.1. The van der Waals surface area contributed by atoms with Crippen LogP contribution in [0.2, 0.25) is 19.6 Å². The molecule has 1 aromatic rings. The molecule has 0 fully saturated rings. The number of rotatable bonds is 10. The van der Waals surface area contributed by atoms with Gasteiger partial charge in [-0.05, 0) is 17.9 Å². The summed E-state index contributed by atoms with van der Waals surface area (Å²) in [4.78, 5) is 0. The van der Waals surface area contributed by atoms with Crippen LogP contribution in [0.15, 0.2) is 43.0 Å². The first kappa shape index (κ1) is 19.2. The highest BCUT2D eigenvalue weighted by atomic mass is 28.3. The summed E-state index contributed by atoms with van der Waals surface area (Å²) in [5.74, 6) is 0.402. The van der Waals surface area contributed by atoms with E-state index in [9.17, 15) is 0 Å². The number of hydrogen-bond acceptors (Lipinski definition) is 1. The van der Waals surface area contributed by atoms with E-state index in [4.69, 9.17) is 4.74 Å². The van der Waals surface area contributed by atoms with Crippen molar-refractivity contribution in [3.8, 4) is 0 Å². The molecule has 1 aromatic carbocycles. The fourth-order valence-electron chi connectivity index (χ4n) is 2.79. The lowest BCUT2D eigenvalue weighted by molar-refractivity contribution is -0.00345. The third kappa shape index (κ3) is 6.10. The first-order valence-corrected chi connectivity index (χ1v) is 12.3. The van der Waals surface area contributed by atoms with Crippen LogP contribution in [0.3, 0.4) is 0 Å². The van der Waals surface area contributed by atoms with Gasteiger partial charge in [-0.1, -0.05) is 89.2 Å². The average molecular weight is 319 g/mol. The van der Waals surface area contributed by atoms with Gasteiger partial charge in [-0.15, -0.1) is 6.58 Å². The minimum absolute atomic E-state index is 0.253. The molecule has 0 unspecified atom stereocenters. The monoisotopic (exact) mass is 318 g/mol. The summed E-state index contributed by atoms with van der Waals surface area (Å²) in [6, 6.07) is 10.7. The second-order valence-corrected chi connectivity index (χ2v) is 12.7. The SMILES string of the molecule is C=C[C@H](C)[C@H](CCCCC)O[C@H](c1ccccc1)[Si](C)(C)C. The molecule has 0 saturated carbocycles. The van der Waals surface area contributed by atoms with E-state index >= 15 is 0 Å². The molecule has 0 saturated heterocycles. The van der Waals surface area contributed by atoms with Gasteiger partial charge in [0.25, 0.3) is 0 Å². The van der Waals surface area contributed by atoms with E-state index in [2.05, 4.69) is 70.4 Å². The molecule has 0 heterocycles. The summed E-state index contributed by atoms with van der Waals surface area (Å²) in [6.07, 6.45) is 7.24. The summed E-state index contributed by atoms with van der Waals surface area (Å²) >= 11 is 0. The fraction of sp³-hybridized carbons (Fsp3) is 0.600. The van der Waals surface area contributed by atoms with Crippen LogP contribution in [0.4, 0.5) is 0 Å². The largest absolute Gasteiger partial charge is 0.373 e. The number of benzene rings is 1. The molecule has 0 aliphatic carbocycles. The molecular weight excluding hydrogens is 284 g/mol. The lowest BCUT2D eigenvalue weighted by Crippen LogP contribution is -2.37. The zero-order valence-corrected chi connectivity index (χ0v) is 16.1. The zero-order chi connectivity index (χ0) is 16.6. The predicted molar refractivity (Wildman–Crippen MR) is 101 cm³/mol. The molecule has 0 aliphatic rings. The Morgan fingerprint density at radius 3 is 2.27 bits per heavy atom. The van der Waals surface area contributed by atoms with Gasteiger partial charge in [0.1, 0.15) is 0 Å². The van der Waals surface area contributed by atoms with Gasteiger partial charge in [0.2, 0.25) is 0 Å². The highest BCUT2D eigenvalue weighted by Gasteiger charge is 2.32. The first-order valence-electron chi connectivity index (χ1n) is 8.73. The summed E-state index contributed by atoms with van der Waals surface area (Å²) in [7, 11) is -1.45. The summed E-state index contributed by atoms with van der Waals surface area (Å²) in [5.41, 5.74) is 1.58. The Kier molecular flexibility index (Phi) is 8.12. The first-order chi connectivity index (χ1) is 10.4. The van der Waals surface area contributed by atoms with Crippen LogP contribution in [0, 0.1) is 5.92 Å². The Labute approximate surface area is 138 Å². The Balaban J connectivity index is 2.90. The van der Waals surface area contributed by atoms with Crippen molar-refractivity contribution in [2.45, 2.75) is 71.0 Å². The van der Waals surface area contributed by atoms with Gasteiger partial charge in [-0.2, -0.15) is 0 Å². The minimum atomic E-state index is -1.45. The Bertz CT molecular complexity index is 421. The van der Waals surface area contributed by atoms with E-state index in [0.29, 0.717) is 5.92 Å². The van der Waals surface area contributed by atoms with Crippen molar-refractivity contribution in [2.75, 3.05) is 0 Å². The molecule has 3 atom stereocenters. The fourth-order valence-corrected chi connectivity index (χ4v) is 4.56. The van der Waals surface area contributed by atoms with Gasteiger partial charge >= 0.3 is 0 Å². The quantitative estimate of drug-likeness (QED) is 0.276. The Hall–Kier alpha value is -0.863. The number of unbranched alkanes of at least 4 members (excludes halogenated alkanes) is 2. The summed E-state index contributed by atoms with van der Waals surface area (Å²) in [6.45, 7) is 15.7. The van der Waals surface area contributed by atoms with Gasteiger partial charge in [-0.3, -0.25) is 0 Å². The maximum atomic E-state index is 6.69. The normalized spacial score (nSPS) is 16.0. The molecule has 0 bridgehead atoms. The van der Waals surface area contributed by atoms with Crippen LogP contribution < -0.4 is 0 Å². The predicted octanol–water partition coefficient (Wildman–Crippen LogP) is 6.39. The second kappa shape index (κ2) is 9.31. The second-order valence-electron chi connectivity index (χ2n) is 7.42. The van der Waals surface area contributed by atoms with Crippen LogP contribution in [-0.2, 0) is 4.74 Å². The molecular formula is C20H34OSi. The van der Waals surface area contributed by atoms with E-state index < -0.39 is 8.07 Å². The van der Waals surface area contributed by atoms with Gasteiger partial charge in [-0.25, -0.2) is 0 Å². The van der Waals surface area contributed by atoms with Crippen LogP contribution in [0.5, 0.6) is 0 Å². The van der Waals surface area contributed by atoms with Crippen molar-refractivity contribution < 1.29 is 4.74 Å². The maximum absolute atomic E-state index is 6.69. The van der Waals surface area contributed by atoms with Crippen molar-refractivity contribution in [3.05, 3.63) is 48.6 Å². The Morgan fingerprint density at radius 1 is 1.14 bits per heavy atom. The lowest BCUT2D eigenvalue weighted by atomic mass is 9.99. The Morgan fingerprint density at radius 2 is 1.77 bits per heavy atom. The molecule has 124 valence electrons. The highest BCUT2D eigenvalue weighted by Crippen LogP contribution is 2.32. The summed E-state index contributed by atoms with van der Waals surface area (Å²) < 4.78 is 6.69. The van der Waals surface area contributed by atoms with Crippen molar-refractivity contribution in [3.63, 3.8) is 0 Å². The maximum Gasteiger partial charge on any atom is 0.0842 e. The lowest BCUT2D eigenvalue weighted by Gasteiger charge is -2.35. The van der Waals surface area contributed by atoms with Crippen molar-refractivity contribution >= 4 is 8.07 Å². The minimum Gasteiger partial charge on any atom is -0.373 e. The van der Waals surface area contributed by atoms with E-state index in [-0.39, 0.29) is 11.8 Å². The van der Waals surface area contributed by atoms with Crippen LogP contribution in [-0.4, -0.2) is 14.2 Å². The third-order valence-corrected chi connectivity index (χ3v) is 6.29. The highest BCUT2D eigenvalue weighted by molar-refractivity contribution is 6.77. The standard InChI is InChI=1S/C20H34OSi/c1-7-9-11-16-19(17(3)8-2)21-20(22(4,5)6)18-14-12-10-13-15-18/h8,10,12-15,17,19-20H,2,7,9,11,16H2,1,3-6H3/t17-,19-,20-/m0/s1. The molecule has 0 radical (unpaired) electrons. The molecule has 1 rings (SSSR count). The molecule has 22 heavy (non-hydrogen) atoms. The molecule has 2 heteroatoms. The van der Waals surface area contributed by atoms with Crippen molar-refractivity contribution in [1.29, 1.82) is 0 Å². The van der Waals surface area contributed by atoms with Gasteiger partial charge < -0.3 is 4.74 Å². The van der Waals surface area contributed by atoms with E-state index in [0.717, 1.165) is 6.42 Å². The van der Waals surface area contributed by atoms with E-state index in [1.54, 1.807) is 0 Å². The molecule has 0 spiro atoms. The van der Waals surface area contributed by atoms with Crippen molar-refractivity contribution in [2.24, 2.45) is 5.92 Å². The van der Waals surface area contributed by atoms with Crippen LogP contribution in [0.1, 0.15) is 50.8 Å². The average Bonchev–Trinajstić information content (AvgIpc) is 2.49. The van der Waals surface area contributed by atoms with Gasteiger partial charge in [0.05, 0.1) is 19.9 Å². The molecule has 1 nitrogen and oxygen atoms in total. The number of ether oxygens (including phenoxy) is 1. The van der Waals surface area contributed by atoms with E-state index in [1.165, 1.54) is 24.8 Å². The van der Waals surface area contributed by atoms with Crippen LogP contribution >= 0.6 is 0 Å². The van der Waals surface area contributed by atoms with E-state index in [1.807, 2.05) is 6.08 Å². The van der Waals surface area contributed by atoms with Gasteiger partial charge in [0, 0.05) is 0 Å². The number of hydrogen-bond donors (Lipinski definition) is 0. The van der Waals surface area contributed by atoms with Crippen molar-refractivity contribution in [1.82, 2.24) is 0 Å².